The van der Waals surface area contributed by atoms with Crippen LogP contribution in [0.15, 0.2) is 40.8 Å². The molecule has 2 fully saturated rings. The summed E-state index contributed by atoms with van der Waals surface area (Å²) in [7, 11) is -1.08. The second-order valence-corrected chi connectivity index (χ2v) is 11.1. The third-order valence-corrected chi connectivity index (χ3v) is 8.10. The minimum absolute atomic E-state index is 0.0429. The molecule has 0 spiro atoms. The van der Waals surface area contributed by atoms with Gasteiger partial charge in [-0.1, -0.05) is 11.6 Å². The molecule has 3 heterocycles. The van der Waals surface area contributed by atoms with Gasteiger partial charge in [-0.05, 0) is 42.8 Å². The van der Waals surface area contributed by atoms with Gasteiger partial charge >= 0.3 is 0 Å². The van der Waals surface area contributed by atoms with Crippen LogP contribution in [-0.4, -0.2) is 86.3 Å². The number of rotatable bonds is 6. The topological polar surface area (TPSA) is 74.1 Å². The molecule has 7 nitrogen and oxygen atoms in total. The highest BCUT2D eigenvalue weighted by Gasteiger charge is 2.34. The summed E-state index contributed by atoms with van der Waals surface area (Å²) in [6, 6.07) is 11.4. The molecule has 168 valence electrons. The van der Waals surface area contributed by atoms with Crippen LogP contribution in [0.2, 0.25) is 5.02 Å². The average Bonchev–Trinajstić information content (AvgIpc) is 3.35. The van der Waals surface area contributed by atoms with Crippen molar-refractivity contribution in [3.05, 3.63) is 47.2 Å². The number of piperazine rings is 1. The van der Waals surface area contributed by atoms with Crippen LogP contribution in [0, 0.1) is 0 Å². The summed E-state index contributed by atoms with van der Waals surface area (Å²) in [6.45, 7) is 3.93. The number of nitrogens with zero attached hydrogens (tertiary/aromatic N) is 3. The quantitative estimate of drug-likeness (QED) is 0.652. The number of carbonyl (C=O) groups excluding carboxylic acids is 1. The van der Waals surface area contributed by atoms with Crippen molar-refractivity contribution in [1.82, 2.24) is 14.7 Å². The first-order valence-electron chi connectivity index (χ1n) is 10.5. The molecule has 0 aliphatic carbocycles. The van der Waals surface area contributed by atoms with Gasteiger partial charge in [0.25, 0.3) is 0 Å². The molecule has 0 radical (unpaired) electrons. The van der Waals surface area contributed by atoms with Crippen molar-refractivity contribution >= 4 is 27.3 Å². The number of hydrogen-bond acceptors (Lipinski definition) is 6. The molecular weight excluding hydrogens is 438 g/mol. The zero-order valence-electron chi connectivity index (χ0n) is 17.7. The summed E-state index contributed by atoms with van der Waals surface area (Å²) in [5.74, 6) is 2.09. The zero-order valence-corrected chi connectivity index (χ0v) is 19.2. The summed E-state index contributed by atoms with van der Waals surface area (Å²) in [6.07, 6.45) is 0.727. The van der Waals surface area contributed by atoms with E-state index in [0.717, 1.165) is 49.7 Å². The molecule has 1 aromatic carbocycles. The minimum atomic E-state index is -2.87. The predicted octanol–water partition coefficient (Wildman–Crippen LogP) is 2.36. The van der Waals surface area contributed by atoms with Crippen molar-refractivity contribution in [3.63, 3.8) is 0 Å². The number of likely N-dealkylation sites (N-methyl/N-ethyl adjacent to an activating group) is 1. The number of hydrogen-bond donors (Lipinski definition) is 0. The Kier molecular flexibility index (Phi) is 6.71. The second kappa shape index (κ2) is 9.32. The molecule has 0 N–H and O–H groups in total. The molecule has 9 heteroatoms. The number of benzene rings is 1. The van der Waals surface area contributed by atoms with Crippen molar-refractivity contribution in [2.75, 3.05) is 51.3 Å². The van der Waals surface area contributed by atoms with Gasteiger partial charge < -0.3 is 9.32 Å². The highest BCUT2D eigenvalue weighted by Crippen LogP contribution is 2.24. The van der Waals surface area contributed by atoms with Gasteiger partial charge in [-0.3, -0.25) is 14.6 Å². The van der Waals surface area contributed by atoms with Crippen molar-refractivity contribution < 1.29 is 17.6 Å². The number of sulfone groups is 1. The van der Waals surface area contributed by atoms with Gasteiger partial charge in [-0.2, -0.15) is 0 Å². The lowest BCUT2D eigenvalue weighted by molar-refractivity contribution is -0.132. The maximum Gasteiger partial charge on any atom is 0.236 e. The summed E-state index contributed by atoms with van der Waals surface area (Å²) in [4.78, 5) is 18.8. The van der Waals surface area contributed by atoms with Gasteiger partial charge in [0.15, 0.2) is 9.84 Å². The standard InChI is InChI=1S/C22H28ClN3O4S/c1-24(14-20-6-7-21(30-20)17-2-4-18(23)5-3-17)22(27)15-25-9-11-26(12-10-25)19-8-13-31(28,29)16-19/h2-7,19H,8-16H2,1H3/t19-/m0/s1. The van der Waals surface area contributed by atoms with Gasteiger partial charge in [0, 0.05) is 49.9 Å². The molecule has 31 heavy (non-hydrogen) atoms. The lowest BCUT2D eigenvalue weighted by Crippen LogP contribution is -2.52. The Morgan fingerprint density at radius 1 is 1.13 bits per heavy atom. The first-order valence-corrected chi connectivity index (χ1v) is 12.7. The molecule has 0 bridgehead atoms. The van der Waals surface area contributed by atoms with Crippen LogP contribution in [0.4, 0.5) is 0 Å². The number of furan rings is 1. The third kappa shape index (κ3) is 5.68. The Balaban J connectivity index is 1.24. The van der Waals surface area contributed by atoms with Gasteiger partial charge in [-0.25, -0.2) is 8.42 Å². The van der Waals surface area contributed by atoms with E-state index in [1.165, 1.54) is 0 Å². The fraction of sp³-hybridized carbons (Fsp3) is 0.500. The Labute approximate surface area is 188 Å². The summed E-state index contributed by atoms with van der Waals surface area (Å²) >= 11 is 5.93. The minimum Gasteiger partial charge on any atom is -0.459 e. The highest BCUT2D eigenvalue weighted by atomic mass is 35.5. The van der Waals surface area contributed by atoms with Crippen LogP contribution < -0.4 is 0 Å². The maximum atomic E-state index is 12.7. The van der Waals surface area contributed by atoms with E-state index in [2.05, 4.69) is 9.80 Å². The van der Waals surface area contributed by atoms with Gasteiger partial charge in [-0.15, -0.1) is 0 Å². The molecule has 1 atom stereocenters. The number of carbonyl (C=O) groups is 1. The molecule has 4 rings (SSSR count). The van der Waals surface area contributed by atoms with Gasteiger partial charge in [0.2, 0.25) is 5.91 Å². The lowest BCUT2D eigenvalue weighted by Gasteiger charge is -2.37. The molecule has 1 amide bonds. The van der Waals surface area contributed by atoms with Crippen LogP contribution in [0.5, 0.6) is 0 Å². The Morgan fingerprint density at radius 2 is 1.84 bits per heavy atom. The Hall–Kier alpha value is -1.87. The summed E-state index contributed by atoms with van der Waals surface area (Å²) < 4.78 is 29.3. The van der Waals surface area contributed by atoms with Crippen LogP contribution in [0.25, 0.3) is 11.3 Å². The van der Waals surface area contributed by atoms with E-state index in [1.807, 2.05) is 36.4 Å². The average molecular weight is 466 g/mol. The van der Waals surface area contributed by atoms with E-state index in [9.17, 15) is 13.2 Å². The molecule has 2 saturated heterocycles. The Morgan fingerprint density at radius 3 is 2.48 bits per heavy atom. The smallest absolute Gasteiger partial charge is 0.236 e. The first-order chi connectivity index (χ1) is 14.8. The highest BCUT2D eigenvalue weighted by molar-refractivity contribution is 7.91. The maximum absolute atomic E-state index is 12.7. The normalized spacial score (nSPS) is 21.9. The summed E-state index contributed by atoms with van der Waals surface area (Å²) in [5.41, 5.74) is 0.942. The molecular formula is C22H28ClN3O4S. The van der Waals surface area contributed by atoms with E-state index in [1.54, 1.807) is 11.9 Å². The zero-order chi connectivity index (χ0) is 22.0. The molecule has 1 aromatic heterocycles. The van der Waals surface area contributed by atoms with E-state index in [-0.39, 0.29) is 17.7 Å². The van der Waals surface area contributed by atoms with Crippen molar-refractivity contribution in [3.8, 4) is 11.3 Å². The molecule has 0 unspecified atom stereocenters. The number of halogens is 1. The van der Waals surface area contributed by atoms with E-state index in [4.69, 9.17) is 16.0 Å². The SMILES string of the molecule is CN(Cc1ccc(-c2ccc(Cl)cc2)o1)C(=O)CN1CCN([C@H]2CCS(=O)(=O)C2)CC1. The van der Waals surface area contributed by atoms with E-state index < -0.39 is 9.84 Å². The largest absolute Gasteiger partial charge is 0.459 e. The van der Waals surface area contributed by atoms with Crippen LogP contribution in [0.1, 0.15) is 12.2 Å². The summed E-state index contributed by atoms with van der Waals surface area (Å²) in [5, 5.41) is 0.676. The molecule has 2 aliphatic rings. The van der Waals surface area contributed by atoms with E-state index in [0.29, 0.717) is 23.9 Å². The van der Waals surface area contributed by atoms with Crippen molar-refractivity contribution in [1.29, 1.82) is 0 Å². The van der Waals surface area contributed by atoms with Crippen LogP contribution in [-0.2, 0) is 21.2 Å². The fourth-order valence-corrected chi connectivity index (χ4v) is 6.10. The van der Waals surface area contributed by atoms with Crippen LogP contribution in [0.3, 0.4) is 0 Å². The predicted molar refractivity (Wildman–Crippen MR) is 121 cm³/mol. The van der Waals surface area contributed by atoms with Gasteiger partial charge in [0.05, 0.1) is 24.6 Å². The first kappa shape index (κ1) is 22.3. The second-order valence-electron chi connectivity index (χ2n) is 8.39. The third-order valence-electron chi connectivity index (χ3n) is 6.10. The van der Waals surface area contributed by atoms with E-state index >= 15 is 0 Å². The lowest BCUT2D eigenvalue weighted by atomic mass is 10.2. The molecule has 0 saturated carbocycles. The van der Waals surface area contributed by atoms with Crippen molar-refractivity contribution in [2.24, 2.45) is 0 Å². The van der Waals surface area contributed by atoms with Crippen molar-refractivity contribution in [2.45, 2.75) is 19.0 Å². The van der Waals surface area contributed by atoms with Crippen LogP contribution >= 0.6 is 11.6 Å². The molecule has 2 aliphatic heterocycles. The monoisotopic (exact) mass is 465 g/mol. The fourth-order valence-electron chi connectivity index (χ4n) is 4.22. The Bertz CT molecular complexity index is 1010. The molecule has 2 aromatic rings. The van der Waals surface area contributed by atoms with Gasteiger partial charge in [0.1, 0.15) is 11.5 Å². The number of amides is 1.